The maximum absolute atomic E-state index is 10.8. The Labute approximate surface area is 139 Å². The lowest BCUT2D eigenvalue weighted by molar-refractivity contribution is 0.315. The number of benzene rings is 1. The number of ether oxygens (including phenoxy) is 3. The van der Waals surface area contributed by atoms with Crippen molar-refractivity contribution in [3.63, 3.8) is 0 Å². The molecule has 128 valence electrons. The van der Waals surface area contributed by atoms with Crippen LogP contribution >= 0.6 is 0 Å². The first kappa shape index (κ1) is 18.9. The Hall–Kier alpha value is -2.10. The van der Waals surface area contributed by atoms with E-state index in [0.717, 1.165) is 0 Å². The van der Waals surface area contributed by atoms with Crippen molar-refractivity contribution in [1.82, 2.24) is 0 Å². The molecule has 0 saturated carbocycles. The van der Waals surface area contributed by atoms with Crippen molar-refractivity contribution in [3.05, 3.63) is 34.4 Å². The van der Waals surface area contributed by atoms with E-state index in [0.29, 0.717) is 41.2 Å². The van der Waals surface area contributed by atoms with Gasteiger partial charge in [-0.15, -0.1) is 0 Å². The van der Waals surface area contributed by atoms with Crippen molar-refractivity contribution in [3.8, 4) is 23.0 Å². The van der Waals surface area contributed by atoms with Crippen molar-refractivity contribution >= 4 is 0 Å². The molecule has 0 saturated heterocycles. The van der Waals surface area contributed by atoms with E-state index in [1.165, 1.54) is 11.1 Å². The minimum atomic E-state index is 0.203. The van der Waals surface area contributed by atoms with Crippen LogP contribution in [0.3, 0.4) is 0 Å². The van der Waals surface area contributed by atoms with E-state index in [1.807, 2.05) is 39.8 Å². The SMILES string of the molecule is COc1c(CC=C(C)C)c(O)c(CC=C(C)C)c(OC)c1OC. The number of aromatic hydroxyl groups is 1. The fourth-order valence-corrected chi connectivity index (χ4v) is 2.38. The third kappa shape index (κ3) is 4.44. The van der Waals surface area contributed by atoms with Crippen molar-refractivity contribution in [2.45, 2.75) is 40.5 Å². The highest BCUT2D eigenvalue weighted by Gasteiger charge is 2.25. The van der Waals surface area contributed by atoms with E-state index in [2.05, 4.69) is 0 Å². The van der Waals surface area contributed by atoms with Gasteiger partial charge in [0.25, 0.3) is 0 Å². The molecule has 0 aliphatic carbocycles. The van der Waals surface area contributed by atoms with Crippen molar-refractivity contribution < 1.29 is 19.3 Å². The van der Waals surface area contributed by atoms with Crippen molar-refractivity contribution in [2.24, 2.45) is 0 Å². The average Bonchev–Trinajstić information content (AvgIpc) is 2.50. The molecule has 4 nitrogen and oxygen atoms in total. The number of phenolic OH excluding ortho intramolecular Hbond substituents is 1. The summed E-state index contributed by atoms with van der Waals surface area (Å²) in [5.74, 6) is 1.75. The summed E-state index contributed by atoms with van der Waals surface area (Å²) in [6.45, 7) is 8.09. The lowest BCUT2D eigenvalue weighted by Crippen LogP contribution is -2.03. The van der Waals surface area contributed by atoms with E-state index in [-0.39, 0.29) is 5.75 Å². The van der Waals surface area contributed by atoms with Crippen LogP contribution < -0.4 is 14.2 Å². The normalized spacial score (nSPS) is 10.0. The molecule has 1 aromatic carbocycles. The van der Waals surface area contributed by atoms with Gasteiger partial charge >= 0.3 is 0 Å². The van der Waals surface area contributed by atoms with Gasteiger partial charge in [0, 0.05) is 11.1 Å². The number of phenols is 1. The van der Waals surface area contributed by atoms with Gasteiger partial charge in [-0.1, -0.05) is 23.3 Å². The fraction of sp³-hybridized carbons (Fsp3) is 0.474. The van der Waals surface area contributed by atoms with Crippen LogP contribution in [0.25, 0.3) is 0 Å². The molecule has 0 spiro atoms. The third-order valence-electron chi connectivity index (χ3n) is 3.57. The fourth-order valence-electron chi connectivity index (χ4n) is 2.38. The molecule has 0 aliphatic heterocycles. The van der Waals surface area contributed by atoms with Gasteiger partial charge in [-0.05, 0) is 40.5 Å². The Kier molecular flexibility index (Phi) is 7.01. The second-order valence-electron chi connectivity index (χ2n) is 5.88. The second kappa shape index (κ2) is 8.51. The number of hydrogen-bond acceptors (Lipinski definition) is 4. The van der Waals surface area contributed by atoms with E-state index >= 15 is 0 Å². The quantitative estimate of drug-likeness (QED) is 0.755. The topological polar surface area (TPSA) is 47.9 Å². The summed E-state index contributed by atoms with van der Waals surface area (Å²) >= 11 is 0. The van der Waals surface area contributed by atoms with E-state index in [9.17, 15) is 5.11 Å². The number of rotatable bonds is 7. The third-order valence-corrected chi connectivity index (χ3v) is 3.57. The van der Waals surface area contributed by atoms with Gasteiger partial charge in [0.1, 0.15) is 5.75 Å². The van der Waals surface area contributed by atoms with E-state index < -0.39 is 0 Å². The maximum atomic E-state index is 10.8. The summed E-state index contributed by atoms with van der Waals surface area (Å²) in [4.78, 5) is 0. The first-order valence-corrected chi connectivity index (χ1v) is 7.66. The highest BCUT2D eigenvalue weighted by molar-refractivity contribution is 5.67. The molecule has 1 N–H and O–H groups in total. The molecule has 0 unspecified atom stereocenters. The predicted octanol–water partition coefficient (Wildman–Crippen LogP) is 4.44. The van der Waals surface area contributed by atoms with Crippen molar-refractivity contribution in [2.75, 3.05) is 21.3 Å². The monoisotopic (exact) mass is 320 g/mol. The minimum absolute atomic E-state index is 0.203. The van der Waals surface area contributed by atoms with Crippen molar-refractivity contribution in [1.29, 1.82) is 0 Å². The smallest absolute Gasteiger partial charge is 0.204 e. The summed E-state index contributed by atoms with van der Waals surface area (Å²) in [6.07, 6.45) is 5.24. The summed E-state index contributed by atoms with van der Waals surface area (Å²) in [5, 5.41) is 10.8. The molecule has 1 aromatic rings. The van der Waals surface area contributed by atoms with E-state index in [1.54, 1.807) is 21.3 Å². The molecule has 23 heavy (non-hydrogen) atoms. The molecule has 4 heteroatoms. The van der Waals surface area contributed by atoms with Crippen LogP contribution in [0.2, 0.25) is 0 Å². The molecule has 1 rings (SSSR count). The zero-order valence-electron chi connectivity index (χ0n) is 15.2. The predicted molar refractivity (Wildman–Crippen MR) is 94.0 cm³/mol. The Morgan fingerprint density at radius 1 is 0.739 bits per heavy atom. The summed E-state index contributed by atoms with van der Waals surface area (Å²) in [7, 11) is 4.71. The Morgan fingerprint density at radius 3 is 1.35 bits per heavy atom. The molecule has 0 atom stereocenters. The standard InChI is InChI=1S/C19H28O4/c1-12(2)8-10-14-16(20)15(11-9-13(3)4)18(22-6)19(23-7)17(14)21-5/h8-9,20H,10-11H2,1-7H3. The number of allylic oxidation sites excluding steroid dienone is 4. The Balaban J connectivity index is 3.63. The van der Waals surface area contributed by atoms with Crippen LogP contribution in [0.15, 0.2) is 23.3 Å². The molecular formula is C19H28O4. The maximum Gasteiger partial charge on any atom is 0.204 e. The molecule has 0 aromatic heterocycles. The molecule has 0 fully saturated rings. The largest absolute Gasteiger partial charge is 0.507 e. The molecule has 0 aliphatic rings. The Bertz CT molecular complexity index is 555. The highest BCUT2D eigenvalue weighted by Crippen LogP contribution is 2.49. The first-order chi connectivity index (χ1) is 10.9. The second-order valence-corrected chi connectivity index (χ2v) is 5.88. The van der Waals surface area contributed by atoms with Gasteiger partial charge in [-0.3, -0.25) is 0 Å². The van der Waals surface area contributed by atoms with Crippen LogP contribution in [0, 0.1) is 0 Å². The average molecular weight is 320 g/mol. The number of hydrogen-bond donors (Lipinski definition) is 1. The molecular weight excluding hydrogens is 292 g/mol. The molecule has 0 bridgehead atoms. The lowest BCUT2D eigenvalue weighted by atomic mass is 9.98. The zero-order chi connectivity index (χ0) is 17.6. The molecule has 0 heterocycles. The highest BCUT2D eigenvalue weighted by atomic mass is 16.5. The summed E-state index contributed by atoms with van der Waals surface area (Å²) < 4.78 is 16.5. The van der Waals surface area contributed by atoms with Crippen LogP contribution in [0.4, 0.5) is 0 Å². The molecule has 0 amide bonds. The Morgan fingerprint density at radius 2 is 1.09 bits per heavy atom. The lowest BCUT2D eigenvalue weighted by Gasteiger charge is -2.20. The zero-order valence-corrected chi connectivity index (χ0v) is 15.2. The van der Waals surface area contributed by atoms with Gasteiger partial charge in [-0.2, -0.15) is 0 Å². The number of methoxy groups -OCH3 is 3. The minimum Gasteiger partial charge on any atom is -0.507 e. The van der Waals surface area contributed by atoms with Gasteiger partial charge in [0.15, 0.2) is 11.5 Å². The summed E-state index contributed by atoms with van der Waals surface area (Å²) in [6, 6.07) is 0. The van der Waals surface area contributed by atoms with Gasteiger partial charge < -0.3 is 19.3 Å². The molecule has 0 radical (unpaired) electrons. The summed E-state index contributed by atoms with van der Waals surface area (Å²) in [5.41, 5.74) is 3.77. The van der Waals surface area contributed by atoms with Gasteiger partial charge in [0.05, 0.1) is 21.3 Å². The van der Waals surface area contributed by atoms with Gasteiger partial charge in [0.2, 0.25) is 5.75 Å². The van der Waals surface area contributed by atoms with Crippen LogP contribution in [0.5, 0.6) is 23.0 Å². The van der Waals surface area contributed by atoms with Crippen LogP contribution in [-0.2, 0) is 12.8 Å². The first-order valence-electron chi connectivity index (χ1n) is 7.66. The van der Waals surface area contributed by atoms with Crippen LogP contribution in [-0.4, -0.2) is 26.4 Å². The van der Waals surface area contributed by atoms with Gasteiger partial charge in [-0.25, -0.2) is 0 Å². The van der Waals surface area contributed by atoms with E-state index in [4.69, 9.17) is 14.2 Å². The van der Waals surface area contributed by atoms with Crippen LogP contribution in [0.1, 0.15) is 38.8 Å².